The summed E-state index contributed by atoms with van der Waals surface area (Å²) < 4.78 is 2.19. The number of H-pyrrole nitrogens is 1. The predicted molar refractivity (Wildman–Crippen MR) is 154 cm³/mol. The van der Waals surface area contributed by atoms with E-state index in [9.17, 15) is 4.79 Å². The summed E-state index contributed by atoms with van der Waals surface area (Å²) in [6.45, 7) is 2.51. The number of aromatic amines is 1. The second-order valence-electron chi connectivity index (χ2n) is 9.55. The molecule has 5 heteroatoms. The fourth-order valence-corrected chi connectivity index (χ4v) is 5.44. The molecule has 1 N–H and O–H groups in total. The highest BCUT2D eigenvalue weighted by Gasteiger charge is 2.25. The molecule has 4 nitrogen and oxygen atoms in total. The molecule has 0 unspecified atom stereocenters. The molecule has 0 radical (unpaired) electrons. The lowest BCUT2D eigenvalue weighted by molar-refractivity contribution is 0.103. The molecule has 0 saturated carbocycles. The number of carbonyl (C=O) groups excluding carboxylic acids is 1. The number of ketones is 1. The largest absolute Gasteiger partial charge is 0.347 e. The number of fused-ring (bicyclic) bond motifs is 1. The van der Waals surface area contributed by atoms with Crippen molar-refractivity contribution < 1.29 is 4.79 Å². The van der Waals surface area contributed by atoms with E-state index in [0.717, 1.165) is 38.9 Å². The van der Waals surface area contributed by atoms with Crippen molar-refractivity contribution >= 4 is 28.2 Å². The zero-order chi connectivity index (χ0) is 26.1. The third-order valence-electron chi connectivity index (χ3n) is 7.04. The second kappa shape index (κ2) is 10.2. The molecule has 4 aromatic carbocycles. The maximum absolute atomic E-state index is 14.3. The van der Waals surface area contributed by atoms with Crippen LogP contribution >= 0.6 is 11.6 Å². The van der Waals surface area contributed by atoms with E-state index in [1.807, 2.05) is 43.6 Å². The maximum Gasteiger partial charge on any atom is 0.195 e. The van der Waals surface area contributed by atoms with Crippen molar-refractivity contribution in [2.45, 2.75) is 19.9 Å². The van der Waals surface area contributed by atoms with Crippen LogP contribution in [0.25, 0.3) is 21.9 Å². The number of imidazole rings is 1. The van der Waals surface area contributed by atoms with Gasteiger partial charge in [0.15, 0.2) is 5.78 Å². The number of carbonyl (C=O) groups is 1. The van der Waals surface area contributed by atoms with Gasteiger partial charge in [-0.1, -0.05) is 84.4 Å². The van der Waals surface area contributed by atoms with E-state index in [1.54, 1.807) is 12.4 Å². The quantitative estimate of drug-likeness (QED) is 0.220. The molecule has 0 saturated heterocycles. The molecule has 0 spiro atoms. The maximum atomic E-state index is 14.3. The van der Waals surface area contributed by atoms with Crippen LogP contribution < -0.4 is 0 Å². The lowest BCUT2D eigenvalue weighted by atomic mass is 9.90. The Morgan fingerprint density at radius 2 is 1.71 bits per heavy atom. The number of aromatic nitrogens is 3. The first kappa shape index (κ1) is 24.0. The summed E-state index contributed by atoms with van der Waals surface area (Å²) in [4.78, 5) is 21.7. The van der Waals surface area contributed by atoms with Gasteiger partial charge in [-0.3, -0.25) is 4.79 Å². The number of hydrogen-bond acceptors (Lipinski definition) is 2. The molecule has 2 heterocycles. The summed E-state index contributed by atoms with van der Waals surface area (Å²) >= 11 is 6.23. The first-order chi connectivity index (χ1) is 18.6. The number of nitrogens with zero attached hydrogens (tertiary/aromatic N) is 2. The number of nitrogens with one attached hydrogen (secondary N) is 1. The van der Waals surface area contributed by atoms with Crippen molar-refractivity contribution in [2.24, 2.45) is 0 Å². The number of halogens is 1. The normalized spacial score (nSPS) is 11.2. The van der Waals surface area contributed by atoms with Gasteiger partial charge in [0, 0.05) is 46.2 Å². The summed E-state index contributed by atoms with van der Waals surface area (Å²) in [5, 5.41) is 2.87. The molecule has 6 rings (SSSR count). The molecule has 0 aliphatic carbocycles. The van der Waals surface area contributed by atoms with Gasteiger partial charge in [0.05, 0.1) is 18.6 Å². The summed E-state index contributed by atoms with van der Waals surface area (Å²) in [6.07, 6.45) is 6.20. The zero-order valence-corrected chi connectivity index (χ0v) is 21.7. The van der Waals surface area contributed by atoms with Crippen molar-refractivity contribution in [3.8, 4) is 11.1 Å². The van der Waals surface area contributed by atoms with Crippen molar-refractivity contribution in [3.63, 3.8) is 0 Å². The summed E-state index contributed by atoms with van der Waals surface area (Å²) in [7, 11) is 0. The summed E-state index contributed by atoms with van der Waals surface area (Å²) in [5.41, 5.74) is 7.43. The lowest BCUT2D eigenvalue weighted by Gasteiger charge is -2.14. The Morgan fingerprint density at radius 3 is 2.50 bits per heavy atom. The molecular formula is C33H26ClN3O. The third-order valence-corrected chi connectivity index (χ3v) is 7.27. The molecule has 0 aliphatic heterocycles. The van der Waals surface area contributed by atoms with Gasteiger partial charge >= 0.3 is 0 Å². The monoisotopic (exact) mass is 515 g/mol. The first-order valence-electron chi connectivity index (χ1n) is 12.6. The van der Waals surface area contributed by atoms with Crippen LogP contribution in [0.3, 0.4) is 0 Å². The Hall–Kier alpha value is -4.41. The van der Waals surface area contributed by atoms with Crippen LogP contribution in [0.1, 0.15) is 38.4 Å². The van der Waals surface area contributed by atoms with Crippen molar-refractivity contribution in [1.82, 2.24) is 14.5 Å². The predicted octanol–water partition coefficient (Wildman–Crippen LogP) is 7.86. The first-order valence-corrected chi connectivity index (χ1v) is 13.0. The summed E-state index contributed by atoms with van der Waals surface area (Å²) in [5.74, 6) is -0.0141. The molecular weight excluding hydrogens is 490 g/mol. The molecule has 2 aromatic heterocycles. The molecule has 0 amide bonds. The summed E-state index contributed by atoms with van der Waals surface area (Å²) in [6, 6.07) is 30.5. The van der Waals surface area contributed by atoms with E-state index in [-0.39, 0.29) is 5.78 Å². The van der Waals surface area contributed by atoms with E-state index in [0.29, 0.717) is 29.1 Å². The van der Waals surface area contributed by atoms with Gasteiger partial charge < -0.3 is 9.55 Å². The Balaban J connectivity index is 1.63. The van der Waals surface area contributed by atoms with Gasteiger partial charge in [-0.25, -0.2) is 4.98 Å². The minimum atomic E-state index is -0.0141. The molecule has 186 valence electrons. The number of hydrogen-bond donors (Lipinski definition) is 1. The van der Waals surface area contributed by atoms with Gasteiger partial charge in [0.1, 0.15) is 0 Å². The third kappa shape index (κ3) is 4.55. The number of rotatable bonds is 7. The van der Waals surface area contributed by atoms with Crippen LogP contribution in [0.4, 0.5) is 0 Å². The highest BCUT2D eigenvalue weighted by Crippen LogP contribution is 2.38. The smallest absolute Gasteiger partial charge is 0.195 e. The van der Waals surface area contributed by atoms with Crippen LogP contribution in [0.2, 0.25) is 5.02 Å². The van der Waals surface area contributed by atoms with Crippen LogP contribution in [-0.4, -0.2) is 20.3 Å². The van der Waals surface area contributed by atoms with Gasteiger partial charge in [0.25, 0.3) is 0 Å². The molecule has 0 aliphatic rings. The second-order valence-corrected chi connectivity index (χ2v) is 9.98. The Kier molecular flexibility index (Phi) is 6.40. The Labute approximate surface area is 226 Å². The SMILES string of the molecule is Cc1cc(Cl)ccc1C(=O)c1cn(Cc2cnc[nH]2)c(Cc2ccccc2)c1-c1cccc2ccccc12. The van der Waals surface area contributed by atoms with Gasteiger partial charge in [-0.2, -0.15) is 0 Å². The average Bonchev–Trinajstić information content (AvgIpc) is 3.57. The average molecular weight is 516 g/mol. The number of benzene rings is 4. The lowest BCUT2D eigenvalue weighted by Crippen LogP contribution is -2.05. The highest BCUT2D eigenvalue weighted by atomic mass is 35.5. The van der Waals surface area contributed by atoms with Crippen LogP contribution in [-0.2, 0) is 13.0 Å². The fourth-order valence-electron chi connectivity index (χ4n) is 5.22. The topological polar surface area (TPSA) is 50.7 Å². The van der Waals surface area contributed by atoms with Crippen LogP contribution in [0.15, 0.2) is 110 Å². The van der Waals surface area contributed by atoms with E-state index < -0.39 is 0 Å². The van der Waals surface area contributed by atoms with E-state index in [2.05, 4.69) is 75.2 Å². The van der Waals surface area contributed by atoms with Crippen LogP contribution in [0.5, 0.6) is 0 Å². The molecule has 6 aromatic rings. The molecule has 0 fully saturated rings. The molecule has 0 bridgehead atoms. The van der Waals surface area contributed by atoms with E-state index >= 15 is 0 Å². The Morgan fingerprint density at radius 1 is 0.921 bits per heavy atom. The zero-order valence-electron chi connectivity index (χ0n) is 21.0. The molecule has 38 heavy (non-hydrogen) atoms. The minimum absolute atomic E-state index is 0.0141. The van der Waals surface area contributed by atoms with Crippen LogP contribution in [0, 0.1) is 6.92 Å². The number of aryl methyl sites for hydroxylation is 1. The Bertz CT molecular complexity index is 1750. The highest BCUT2D eigenvalue weighted by molar-refractivity contribution is 6.31. The van der Waals surface area contributed by atoms with Crippen molar-refractivity contribution in [3.05, 3.63) is 148 Å². The van der Waals surface area contributed by atoms with Gasteiger partial charge in [-0.05, 0) is 52.6 Å². The molecule has 0 atom stereocenters. The fraction of sp³-hybridized carbons (Fsp3) is 0.0909. The van der Waals surface area contributed by atoms with Gasteiger partial charge in [0.2, 0.25) is 0 Å². The standard InChI is InChI=1S/C33H26ClN3O/c1-22-16-25(34)14-15-27(22)33(38)30-20-37(19-26-18-35-21-36-26)31(17-23-8-3-2-4-9-23)32(30)29-13-7-11-24-10-5-6-12-28(24)29/h2-16,18,20-21H,17,19H2,1H3,(H,35,36). The van der Waals surface area contributed by atoms with E-state index in [1.165, 1.54) is 5.56 Å². The minimum Gasteiger partial charge on any atom is -0.347 e. The van der Waals surface area contributed by atoms with Gasteiger partial charge in [-0.15, -0.1) is 0 Å². The van der Waals surface area contributed by atoms with E-state index in [4.69, 9.17) is 11.6 Å². The van der Waals surface area contributed by atoms with Crippen molar-refractivity contribution in [2.75, 3.05) is 0 Å². The van der Waals surface area contributed by atoms with Crippen molar-refractivity contribution in [1.29, 1.82) is 0 Å².